The molecule has 1 fully saturated rings. The number of nitrogens with zero attached hydrogens (tertiary/aromatic N) is 4. The van der Waals surface area contributed by atoms with Crippen LogP contribution in [0.25, 0.3) is 0 Å². The zero-order valence-corrected chi connectivity index (χ0v) is 15.2. The number of hydrogen-bond acceptors (Lipinski definition) is 5. The Hall–Kier alpha value is -2.60. The number of rotatable bonds is 2. The number of carboxylic acids is 1. The maximum absolute atomic E-state index is 11.5. The van der Waals surface area contributed by atoms with Crippen molar-refractivity contribution in [3.63, 3.8) is 0 Å². The molecule has 2 heterocycles. The Balaban J connectivity index is 2.09. The molecule has 0 saturated carbocycles. The number of hydrogen-bond donors (Lipinski definition) is 1. The molecule has 0 aromatic carbocycles. The number of anilines is 1. The van der Waals surface area contributed by atoms with Crippen molar-refractivity contribution in [1.82, 2.24) is 4.98 Å². The van der Waals surface area contributed by atoms with E-state index in [0.29, 0.717) is 36.5 Å². The second-order valence-corrected chi connectivity index (χ2v) is 7.53. The predicted molar refractivity (Wildman–Crippen MR) is 96.7 cm³/mol. The van der Waals surface area contributed by atoms with Crippen LogP contribution in [0.3, 0.4) is 0 Å². The number of aliphatic carboxylic acids is 1. The summed E-state index contributed by atoms with van der Waals surface area (Å²) in [6.45, 7) is 3.02. The summed E-state index contributed by atoms with van der Waals surface area (Å²) in [5.41, 5.74) is 2.59. The average Bonchev–Trinajstić information content (AvgIpc) is 2.60. The molecule has 0 radical (unpaired) electrons. The number of aromatic nitrogens is 1. The van der Waals surface area contributed by atoms with Crippen molar-refractivity contribution in [3.8, 4) is 12.1 Å². The molecular formula is C20H24N4O2. The Labute approximate surface area is 154 Å². The molecule has 1 aliphatic heterocycles. The van der Waals surface area contributed by atoms with E-state index in [1.165, 1.54) is 0 Å². The van der Waals surface area contributed by atoms with E-state index in [4.69, 9.17) is 4.98 Å². The summed E-state index contributed by atoms with van der Waals surface area (Å²) in [6.07, 6.45) is 6.56. The molecular weight excluding hydrogens is 328 g/mol. The lowest BCUT2D eigenvalue weighted by Crippen LogP contribution is -2.43. The summed E-state index contributed by atoms with van der Waals surface area (Å²) >= 11 is 0. The first kappa shape index (κ1) is 18.2. The van der Waals surface area contributed by atoms with E-state index in [1.807, 2.05) is 11.8 Å². The zero-order valence-electron chi connectivity index (χ0n) is 15.2. The fourth-order valence-electron chi connectivity index (χ4n) is 4.24. The van der Waals surface area contributed by atoms with Gasteiger partial charge in [0.25, 0.3) is 0 Å². The standard InChI is InChI=1S/C20H24N4O2/c1-13-8-14(20(25)26)12-24(11-13)19-17(10-22)16(9-21)15-6-4-2-3-5-7-18(15)23-19/h13-14H,2-8,11-12H2,1H3,(H,25,26). The van der Waals surface area contributed by atoms with Crippen molar-refractivity contribution >= 4 is 11.8 Å². The zero-order chi connectivity index (χ0) is 18.7. The smallest absolute Gasteiger partial charge is 0.308 e. The quantitative estimate of drug-likeness (QED) is 0.878. The monoisotopic (exact) mass is 352 g/mol. The van der Waals surface area contributed by atoms with Crippen LogP contribution >= 0.6 is 0 Å². The molecule has 2 aliphatic rings. The molecule has 1 saturated heterocycles. The third-order valence-electron chi connectivity index (χ3n) is 5.49. The molecule has 1 aromatic rings. The van der Waals surface area contributed by atoms with Gasteiger partial charge in [0.1, 0.15) is 23.5 Å². The van der Waals surface area contributed by atoms with E-state index in [9.17, 15) is 20.4 Å². The summed E-state index contributed by atoms with van der Waals surface area (Å²) in [7, 11) is 0. The molecule has 6 nitrogen and oxygen atoms in total. The number of nitriles is 2. The first-order valence-electron chi connectivity index (χ1n) is 9.38. The van der Waals surface area contributed by atoms with Gasteiger partial charge in [0, 0.05) is 18.8 Å². The van der Waals surface area contributed by atoms with Gasteiger partial charge in [0.2, 0.25) is 0 Å². The predicted octanol–water partition coefficient (Wildman–Crippen LogP) is 3.03. The Morgan fingerprint density at radius 2 is 1.81 bits per heavy atom. The summed E-state index contributed by atoms with van der Waals surface area (Å²) < 4.78 is 0. The number of carboxylic acid groups (broad SMARTS) is 1. The van der Waals surface area contributed by atoms with Gasteiger partial charge in [-0.2, -0.15) is 10.5 Å². The van der Waals surface area contributed by atoms with Gasteiger partial charge in [-0.05, 0) is 43.6 Å². The van der Waals surface area contributed by atoms with Crippen molar-refractivity contribution in [2.24, 2.45) is 11.8 Å². The van der Waals surface area contributed by atoms with E-state index < -0.39 is 11.9 Å². The first-order chi connectivity index (χ1) is 12.5. The molecule has 0 spiro atoms. The fourth-order valence-corrected chi connectivity index (χ4v) is 4.24. The van der Waals surface area contributed by atoms with Crippen LogP contribution in [-0.4, -0.2) is 29.1 Å². The SMILES string of the molecule is CC1CC(C(=O)O)CN(c2nc3c(c(C#N)c2C#N)CCCCCC3)C1. The molecule has 6 heteroatoms. The number of fused-ring (bicyclic) bond motifs is 1. The van der Waals surface area contributed by atoms with Gasteiger partial charge in [0.05, 0.1) is 11.5 Å². The van der Waals surface area contributed by atoms with E-state index in [2.05, 4.69) is 12.1 Å². The van der Waals surface area contributed by atoms with Crippen molar-refractivity contribution < 1.29 is 9.90 Å². The van der Waals surface area contributed by atoms with E-state index in [0.717, 1.165) is 49.8 Å². The molecule has 2 unspecified atom stereocenters. The second kappa shape index (κ2) is 7.74. The first-order valence-corrected chi connectivity index (χ1v) is 9.38. The van der Waals surface area contributed by atoms with Gasteiger partial charge < -0.3 is 10.0 Å². The molecule has 3 rings (SSSR count). The lowest BCUT2D eigenvalue weighted by molar-refractivity contribution is -0.142. The molecule has 0 amide bonds. The number of carbonyl (C=O) groups is 1. The minimum atomic E-state index is -0.813. The van der Waals surface area contributed by atoms with Crippen molar-refractivity contribution in [3.05, 3.63) is 22.4 Å². The van der Waals surface area contributed by atoms with Crippen LogP contribution < -0.4 is 4.90 Å². The Kier molecular flexibility index (Phi) is 5.42. The third-order valence-corrected chi connectivity index (χ3v) is 5.49. The average molecular weight is 352 g/mol. The topological polar surface area (TPSA) is 101 Å². The Morgan fingerprint density at radius 3 is 2.46 bits per heavy atom. The van der Waals surface area contributed by atoms with Gasteiger partial charge in [-0.15, -0.1) is 0 Å². The lowest BCUT2D eigenvalue weighted by atomic mass is 9.89. The van der Waals surface area contributed by atoms with Crippen molar-refractivity contribution in [2.75, 3.05) is 18.0 Å². The molecule has 0 bridgehead atoms. The summed E-state index contributed by atoms with van der Waals surface area (Å²) in [4.78, 5) is 18.2. The van der Waals surface area contributed by atoms with E-state index in [-0.39, 0.29) is 5.92 Å². The molecule has 26 heavy (non-hydrogen) atoms. The fraction of sp³-hybridized carbons (Fsp3) is 0.600. The highest BCUT2D eigenvalue weighted by molar-refractivity contribution is 5.72. The maximum atomic E-state index is 11.5. The largest absolute Gasteiger partial charge is 0.481 e. The van der Waals surface area contributed by atoms with Crippen LogP contribution in [0.2, 0.25) is 0 Å². The van der Waals surface area contributed by atoms with Crippen molar-refractivity contribution in [1.29, 1.82) is 10.5 Å². The minimum absolute atomic E-state index is 0.200. The maximum Gasteiger partial charge on any atom is 0.308 e. The third kappa shape index (κ3) is 3.51. The van der Waals surface area contributed by atoms with E-state index >= 15 is 0 Å². The highest BCUT2D eigenvalue weighted by atomic mass is 16.4. The Morgan fingerprint density at radius 1 is 1.12 bits per heavy atom. The normalized spacial score (nSPS) is 23.1. The van der Waals surface area contributed by atoms with Gasteiger partial charge >= 0.3 is 5.97 Å². The van der Waals surface area contributed by atoms with Gasteiger partial charge in [-0.3, -0.25) is 4.79 Å². The summed E-state index contributed by atoms with van der Waals surface area (Å²) in [6, 6.07) is 4.43. The number of piperidine rings is 1. The highest BCUT2D eigenvalue weighted by Crippen LogP contribution is 2.33. The van der Waals surface area contributed by atoms with Crippen LogP contribution in [-0.2, 0) is 17.6 Å². The Bertz CT molecular complexity index is 790. The van der Waals surface area contributed by atoms with Gasteiger partial charge in [-0.25, -0.2) is 4.98 Å². The highest BCUT2D eigenvalue weighted by Gasteiger charge is 2.33. The molecule has 2 atom stereocenters. The summed E-state index contributed by atoms with van der Waals surface area (Å²) in [5.74, 6) is -0.585. The molecule has 1 aliphatic carbocycles. The van der Waals surface area contributed by atoms with Crippen LogP contribution in [0.1, 0.15) is 61.4 Å². The van der Waals surface area contributed by atoms with Crippen LogP contribution in [0, 0.1) is 34.5 Å². The van der Waals surface area contributed by atoms with Crippen LogP contribution in [0.5, 0.6) is 0 Å². The van der Waals surface area contributed by atoms with Gasteiger partial charge in [0.15, 0.2) is 0 Å². The molecule has 136 valence electrons. The number of aryl methyl sites for hydroxylation is 1. The second-order valence-electron chi connectivity index (χ2n) is 7.53. The van der Waals surface area contributed by atoms with Crippen molar-refractivity contribution in [2.45, 2.75) is 51.9 Å². The minimum Gasteiger partial charge on any atom is -0.481 e. The lowest BCUT2D eigenvalue weighted by Gasteiger charge is -2.36. The van der Waals surface area contributed by atoms with Crippen LogP contribution in [0.4, 0.5) is 5.82 Å². The summed E-state index contributed by atoms with van der Waals surface area (Å²) in [5, 5.41) is 28.9. The van der Waals surface area contributed by atoms with E-state index in [1.54, 1.807) is 0 Å². The molecule has 1 aromatic heterocycles. The van der Waals surface area contributed by atoms with Crippen LogP contribution in [0.15, 0.2) is 0 Å². The molecule has 1 N–H and O–H groups in total. The van der Waals surface area contributed by atoms with Gasteiger partial charge in [-0.1, -0.05) is 19.8 Å². The number of pyridine rings is 1.